The summed E-state index contributed by atoms with van der Waals surface area (Å²) in [5.74, 6) is 0.750. The second-order valence-corrected chi connectivity index (χ2v) is 4.03. The summed E-state index contributed by atoms with van der Waals surface area (Å²) in [6.45, 7) is 0. The number of ether oxygens (including phenoxy) is 1. The van der Waals surface area contributed by atoms with E-state index in [4.69, 9.17) is 22.1 Å². The molecular formula is C11H14ClNO. The van der Waals surface area contributed by atoms with Gasteiger partial charge in [0.15, 0.2) is 0 Å². The predicted octanol–water partition coefficient (Wildman–Crippen LogP) is 2.68. The molecule has 0 bridgehead atoms. The molecule has 1 aromatic rings. The molecule has 0 fully saturated rings. The lowest BCUT2D eigenvalue weighted by Gasteiger charge is -2.23. The monoisotopic (exact) mass is 211 g/mol. The SMILES string of the molecule is COc1ccc2c(c1Cl)CCC[C@@H]2N. The van der Waals surface area contributed by atoms with Gasteiger partial charge in [-0.25, -0.2) is 0 Å². The van der Waals surface area contributed by atoms with Crippen LogP contribution < -0.4 is 10.5 Å². The summed E-state index contributed by atoms with van der Waals surface area (Å²) in [7, 11) is 1.64. The molecular weight excluding hydrogens is 198 g/mol. The highest BCUT2D eigenvalue weighted by atomic mass is 35.5. The number of nitrogens with two attached hydrogens (primary N) is 1. The first-order valence-corrected chi connectivity index (χ1v) is 5.22. The minimum Gasteiger partial charge on any atom is -0.495 e. The van der Waals surface area contributed by atoms with E-state index in [-0.39, 0.29) is 6.04 Å². The van der Waals surface area contributed by atoms with E-state index in [1.807, 2.05) is 12.1 Å². The van der Waals surface area contributed by atoms with E-state index in [0.29, 0.717) is 0 Å². The summed E-state index contributed by atoms with van der Waals surface area (Å²) in [6.07, 6.45) is 3.18. The van der Waals surface area contributed by atoms with Crippen LogP contribution in [-0.2, 0) is 6.42 Å². The minimum atomic E-state index is 0.141. The van der Waals surface area contributed by atoms with E-state index >= 15 is 0 Å². The van der Waals surface area contributed by atoms with Gasteiger partial charge in [-0.05, 0) is 36.5 Å². The maximum atomic E-state index is 6.21. The topological polar surface area (TPSA) is 35.2 Å². The quantitative estimate of drug-likeness (QED) is 0.775. The lowest BCUT2D eigenvalue weighted by Crippen LogP contribution is -2.17. The summed E-state index contributed by atoms with van der Waals surface area (Å²) in [5, 5.41) is 0.736. The molecule has 2 rings (SSSR count). The van der Waals surface area contributed by atoms with Gasteiger partial charge in [0.2, 0.25) is 0 Å². The normalized spacial score (nSPS) is 20.4. The fourth-order valence-electron chi connectivity index (χ4n) is 2.03. The van der Waals surface area contributed by atoms with Crippen LogP contribution in [0.1, 0.15) is 30.0 Å². The van der Waals surface area contributed by atoms with Crippen molar-refractivity contribution in [3.63, 3.8) is 0 Å². The maximum absolute atomic E-state index is 6.21. The average molecular weight is 212 g/mol. The van der Waals surface area contributed by atoms with Crippen molar-refractivity contribution in [2.75, 3.05) is 7.11 Å². The third kappa shape index (κ3) is 1.49. The molecule has 0 radical (unpaired) electrons. The van der Waals surface area contributed by atoms with Crippen molar-refractivity contribution >= 4 is 11.6 Å². The molecule has 0 unspecified atom stereocenters. The van der Waals surface area contributed by atoms with Crippen molar-refractivity contribution in [2.45, 2.75) is 25.3 Å². The molecule has 14 heavy (non-hydrogen) atoms. The van der Waals surface area contributed by atoms with Gasteiger partial charge < -0.3 is 10.5 Å². The van der Waals surface area contributed by atoms with Crippen LogP contribution in [0.4, 0.5) is 0 Å². The molecule has 1 aromatic carbocycles. The first-order chi connectivity index (χ1) is 6.74. The van der Waals surface area contributed by atoms with Crippen LogP contribution in [0.2, 0.25) is 5.02 Å². The molecule has 0 saturated carbocycles. The molecule has 1 aliphatic rings. The Morgan fingerprint density at radius 2 is 2.29 bits per heavy atom. The summed E-state index contributed by atoms with van der Waals surface area (Å²) in [6, 6.07) is 4.07. The second kappa shape index (κ2) is 3.79. The Kier molecular flexibility index (Phi) is 2.66. The average Bonchev–Trinajstić information content (AvgIpc) is 2.20. The van der Waals surface area contributed by atoms with Crippen LogP contribution in [0.15, 0.2) is 12.1 Å². The van der Waals surface area contributed by atoms with Crippen LogP contribution in [0, 0.1) is 0 Å². The smallest absolute Gasteiger partial charge is 0.137 e. The van der Waals surface area contributed by atoms with Crippen molar-refractivity contribution < 1.29 is 4.74 Å². The van der Waals surface area contributed by atoms with E-state index in [1.54, 1.807) is 7.11 Å². The van der Waals surface area contributed by atoms with E-state index in [0.717, 1.165) is 30.0 Å². The largest absolute Gasteiger partial charge is 0.495 e. The molecule has 2 N–H and O–H groups in total. The first-order valence-electron chi connectivity index (χ1n) is 4.85. The summed E-state index contributed by atoms with van der Waals surface area (Å²) in [5.41, 5.74) is 8.36. The van der Waals surface area contributed by atoms with E-state index in [2.05, 4.69) is 0 Å². The predicted molar refractivity (Wildman–Crippen MR) is 57.9 cm³/mol. The molecule has 0 spiro atoms. The Hall–Kier alpha value is -0.730. The lowest BCUT2D eigenvalue weighted by molar-refractivity contribution is 0.413. The fraction of sp³-hybridized carbons (Fsp3) is 0.455. The van der Waals surface area contributed by atoms with E-state index < -0.39 is 0 Å². The van der Waals surface area contributed by atoms with Crippen LogP contribution >= 0.6 is 11.6 Å². The van der Waals surface area contributed by atoms with Crippen molar-refractivity contribution in [3.05, 3.63) is 28.3 Å². The number of hydrogen-bond acceptors (Lipinski definition) is 2. The molecule has 1 aliphatic carbocycles. The maximum Gasteiger partial charge on any atom is 0.137 e. The molecule has 3 heteroatoms. The van der Waals surface area contributed by atoms with Gasteiger partial charge in [0.25, 0.3) is 0 Å². The third-order valence-corrected chi connectivity index (χ3v) is 3.22. The number of fused-ring (bicyclic) bond motifs is 1. The van der Waals surface area contributed by atoms with Gasteiger partial charge in [-0.15, -0.1) is 0 Å². The van der Waals surface area contributed by atoms with Crippen LogP contribution in [0.25, 0.3) is 0 Å². The Morgan fingerprint density at radius 1 is 1.50 bits per heavy atom. The highest BCUT2D eigenvalue weighted by Crippen LogP contribution is 2.37. The molecule has 0 amide bonds. The fourth-order valence-corrected chi connectivity index (χ4v) is 2.37. The number of rotatable bonds is 1. The summed E-state index contributed by atoms with van der Waals surface area (Å²) >= 11 is 6.21. The molecule has 1 atom stereocenters. The van der Waals surface area contributed by atoms with Gasteiger partial charge >= 0.3 is 0 Å². The zero-order chi connectivity index (χ0) is 10.1. The Morgan fingerprint density at radius 3 is 3.00 bits per heavy atom. The lowest BCUT2D eigenvalue weighted by atomic mass is 9.88. The standard InChI is InChI=1S/C11H14ClNO/c1-14-10-6-5-7-8(11(10)12)3-2-4-9(7)13/h5-6,9H,2-4,13H2,1H3/t9-/m0/s1. The van der Waals surface area contributed by atoms with Crippen molar-refractivity contribution in [2.24, 2.45) is 5.73 Å². The number of benzene rings is 1. The number of methoxy groups -OCH3 is 1. The van der Waals surface area contributed by atoms with Crippen LogP contribution in [-0.4, -0.2) is 7.11 Å². The zero-order valence-corrected chi connectivity index (χ0v) is 8.97. The van der Waals surface area contributed by atoms with Crippen molar-refractivity contribution in [1.29, 1.82) is 0 Å². The minimum absolute atomic E-state index is 0.141. The van der Waals surface area contributed by atoms with Gasteiger partial charge in [-0.3, -0.25) is 0 Å². The van der Waals surface area contributed by atoms with Crippen LogP contribution in [0.3, 0.4) is 0 Å². The summed E-state index contributed by atoms with van der Waals surface area (Å²) < 4.78 is 5.17. The van der Waals surface area contributed by atoms with Crippen LogP contribution in [0.5, 0.6) is 5.75 Å². The highest BCUT2D eigenvalue weighted by Gasteiger charge is 2.20. The molecule has 2 nitrogen and oxygen atoms in total. The van der Waals surface area contributed by atoms with Gasteiger partial charge in [-0.1, -0.05) is 17.7 Å². The van der Waals surface area contributed by atoms with E-state index in [9.17, 15) is 0 Å². The number of halogens is 1. The molecule has 0 heterocycles. The molecule has 0 saturated heterocycles. The van der Waals surface area contributed by atoms with Crippen molar-refractivity contribution in [3.8, 4) is 5.75 Å². The second-order valence-electron chi connectivity index (χ2n) is 3.65. The van der Waals surface area contributed by atoms with Gasteiger partial charge in [0.1, 0.15) is 5.75 Å². The zero-order valence-electron chi connectivity index (χ0n) is 8.22. The Balaban J connectivity index is 2.52. The Labute approximate surface area is 89.0 Å². The molecule has 0 aromatic heterocycles. The van der Waals surface area contributed by atoms with Gasteiger partial charge in [0.05, 0.1) is 12.1 Å². The molecule has 76 valence electrons. The van der Waals surface area contributed by atoms with Crippen molar-refractivity contribution in [1.82, 2.24) is 0 Å². The number of hydrogen-bond donors (Lipinski definition) is 1. The van der Waals surface area contributed by atoms with Gasteiger partial charge in [-0.2, -0.15) is 0 Å². The Bertz CT molecular complexity index is 351. The third-order valence-electron chi connectivity index (χ3n) is 2.81. The van der Waals surface area contributed by atoms with E-state index in [1.165, 1.54) is 11.1 Å². The summed E-state index contributed by atoms with van der Waals surface area (Å²) in [4.78, 5) is 0. The first kappa shape index (κ1) is 9.81. The molecule has 0 aliphatic heterocycles. The highest BCUT2D eigenvalue weighted by molar-refractivity contribution is 6.33. The van der Waals surface area contributed by atoms with Gasteiger partial charge in [0, 0.05) is 6.04 Å².